The first-order chi connectivity index (χ1) is 12.1. The molecule has 0 radical (unpaired) electrons. The molecule has 0 spiro atoms. The van der Waals surface area contributed by atoms with Crippen molar-refractivity contribution in [3.63, 3.8) is 0 Å². The van der Waals surface area contributed by atoms with Crippen LogP contribution in [-0.4, -0.2) is 22.8 Å². The summed E-state index contributed by atoms with van der Waals surface area (Å²) >= 11 is 3.34. The molecule has 0 saturated carbocycles. The number of hydrogen-bond donors (Lipinski definition) is 0. The Balaban J connectivity index is 1.56. The molecule has 0 unspecified atom stereocenters. The van der Waals surface area contributed by atoms with E-state index in [-0.39, 0.29) is 12.5 Å². The zero-order valence-corrected chi connectivity index (χ0v) is 15.0. The van der Waals surface area contributed by atoms with Gasteiger partial charge in [-0.05, 0) is 37.3 Å². The quantitative estimate of drug-likeness (QED) is 0.575. The topological polar surface area (TPSA) is 74.5 Å². The van der Waals surface area contributed by atoms with Crippen molar-refractivity contribution in [3.05, 3.63) is 65.0 Å². The van der Waals surface area contributed by atoms with E-state index in [0.717, 1.165) is 10.0 Å². The van der Waals surface area contributed by atoms with Crippen LogP contribution in [0.3, 0.4) is 0 Å². The fourth-order valence-corrected chi connectivity index (χ4v) is 2.46. The normalized spacial score (nSPS) is 11.8. The van der Waals surface area contributed by atoms with Gasteiger partial charge in [-0.3, -0.25) is 0 Å². The number of aromatic nitrogens is 2. The smallest absolute Gasteiger partial charge is 0.344 e. The van der Waals surface area contributed by atoms with Crippen molar-refractivity contribution in [1.29, 1.82) is 0 Å². The van der Waals surface area contributed by atoms with Gasteiger partial charge in [0.1, 0.15) is 5.75 Å². The van der Waals surface area contributed by atoms with Crippen molar-refractivity contribution in [2.75, 3.05) is 6.61 Å². The molecule has 0 saturated heterocycles. The average molecular weight is 403 g/mol. The first-order valence-electron chi connectivity index (χ1n) is 7.58. The zero-order valence-electron chi connectivity index (χ0n) is 13.4. The minimum absolute atomic E-state index is 0.208. The van der Waals surface area contributed by atoms with Crippen LogP contribution >= 0.6 is 15.9 Å². The molecule has 7 heteroatoms. The maximum absolute atomic E-state index is 11.9. The Morgan fingerprint density at radius 3 is 2.72 bits per heavy atom. The lowest BCUT2D eigenvalue weighted by Gasteiger charge is -2.10. The Bertz CT molecular complexity index is 851. The van der Waals surface area contributed by atoms with Gasteiger partial charge in [-0.2, -0.15) is 0 Å². The Kier molecular flexibility index (Phi) is 5.45. The second kappa shape index (κ2) is 7.94. The molecule has 0 aliphatic carbocycles. The van der Waals surface area contributed by atoms with Gasteiger partial charge in [0.2, 0.25) is 5.89 Å². The number of esters is 1. The SMILES string of the molecule is C[C@H](OC(=O)COc1cccc(Br)c1)c1nnc(-c2ccccc2)o1. The van der Waals surface area contributed by atoms with E-state index in [1.54, 1.807) is 19.1 Å². The number of ether oxygens (including phenoxy) is 2. The fraction of sp³-hybridized carbons (Fsp3) is 0.167. The van der Waals surface area contributed by atoms with Crippen LogP contribution in [0.1, 0.15) is 18.9 Å². The van der Waals surface area contributed by atoms with Crippen LogP contribution in [0, 0.1) is 0 Å². The maximum Gasteiger partial charge on any atom is 0.344 e. The van der Waals surface area contributed by atoms with E-state index in [1.807, 2.05) is 42.5 Å². The molecule has 1 heterocycles. The van der Waals surface area contributed by atoms with Crippen LogP contribution < -0.4 is 4.74 Å². The van der Waals surface area contributed by atoms with Crippen molar-refractivity contribution < 1.29 is 18.7 Å². The summed E-state index contributed by atoms with van der Waals surface area (Å²) < 4.78 is 17.1. The number of nitrogens with zero attached hydrogens (tertiary/aromatic N) is 2. The van der Waals surface area contributed by atoms with Crippen LogP contribution in [0.2, 0.25) is 0 Å². The van der Waals surface area contributed by atoms with Crippen molar-refractivity contribution >= 4 is 21.9 Å². The zero-order chi connectivity index (χ0) is 17.6. The van der Waals surface area contributed by atoms with Gasteiger partial charge in [-0.1, -0.05) is 40.2 Å². The Morgan fingerprint density at radius 2 is 1.96 bits per heavy atom. The van der Waals surface area contributed by atoms with Crippen molar-refractivity contribution in [3.8, 4) is 17.2 Å². The van der Waals surface area contributed by atoms with Gasteiger partial charge < -0.3 is 13.9 Å². The van der Waals surface area contributed by atoms with Gasteiger partial charge in [0.25, 0.3) is 5.89 Å². The van der Waals surface area contributed by atoms with Crippen molar-refractivity contribution in [2.24, 2.45) is 0 Å². The van der Waals surface area contributed by atoms with Crippen molar-refractivity contribution in [1.82, 2.24) is 10.2 Å². The molecule has 2 aromatic carbocycles. The number of benzene rings is 2. The Labute approximate surface area is 152 Å². The summed E-state index contributed by atoms with van der Waals surface area (Å²) in [6, 6.07) is 16.6. The highest BCUT2D eigenvalue weighted by Gasteiger charge is 2.19. The van der Waals surface area contributed by atoms with E-state index in [0.29, 0.717) is 11.6 Å². The third-order valence-corrected chi connectivity index (χ3v) is 3.76. The molecule has 0 aliphatic rings. The van der Waals surface area contributed by atoms with Crippen molar-refractivity contribution in [2.45, 2.75) is 13.0 Å². The molecule has 0 fully saturated rings. The summed E-state index contributed by atoms with van der Waals surface area (Å²) in [6.45, 7) is 1.46. The summed E-state index contributed by atoms with van der Waals surface area (Å²) in [5.41, 5.74) is 0.803. The highest BCUT2D eigenvalue weighted by molar-refractivity contribution is 9.10. The molecule has 3 aromatic rings. The molecule has 0 aliphatic heterocycles. The summed E-state index contributed by atoms with van der Waals surface area (Å²) in [4.78, 5) is 11.9. The summed E-state index contributed by atoms with van der Waals surface area (Å²) in [7, 11) is 0. The Morgan fingerprint density at radius 1 is 1.16 bits per heavy atom. The van der Waals surface area contributed by atoms with E-state index < -0.39 is 12.1 Å². The second-order valence-corrected chi connectivity index (χ2v) is 6.11. The van der Waals surface area contributed by atoms with Crippen LogP contribution in [0.15, 0.2) is 63.5 Å². The maximum atomic E-state index is 11.9. The lowest BCUT2D eigenvalue weighted by Crippen LogP contribution is -2.17. The van der Waals surface area contributed by atoms with E-state index in [9.17, 15) is 4.79 Å². The predicted molar refractivity (Wildman–Crippen MR) is 93.9 cm³/mol. The molecule has 0 bridgehead atoms. The predicted octanol–water partition coefficient (Wildman–Crippen LogP) is 4.18. The van der Waals surface area contributed by atoms with Gasteiger partial charge in [-0.25, -0.2) is 4.79 Å². The van der Waals surface area contributed by atoms with E-state index in [1.165, 1.54) is 0 Å². The van der Waals surface area contributed by atoms with Crippen LogP contribution in [-0.2, 0) is 9.53 Å². The van der Waals surface area contributed by atoms with E-state index in [4.69, 9.17) is 13.9 Å². The first kappa shape index (κ1) is 17.2. The number of rotatable bonds is 6. The minimum Gasteiger partial charge on any atom is -0.482 e. The number of halogens is 1. The van der Waals surface area contributed by atoms with Gasteiger partial charge in [0.15, 0.2) is 12.7 Å². The Hall–Kier alpha value is -2.67. The minimum atomic E-state index is -0.663. The van der Waals surface area contributed by atoms with Gasteiger partial charge in [0.05, 0.1) is 0 Å². The number of carbonyl (C=O) groups excluding carboxylic acids is 1. The third kappa shape index (κ3) is 4.67. The first-order valence-corrected chi connectivity index (χ1v) is 8.38. The standard InChI is InChI=1S/C18H15BrN2O4/c1-12(17-20-21-18(25-17)13-6-3-2-4-7-13)24-16(22)11-23-15-9-5-8-14(19)10-15/h2-10,12H,11H2,1H3/t12-/m0/s1. The molecule has 3 rings (SSSR count). The molecule has 0 N–H and O–H groups in total. The second-order valence-electron chi connectivity index (χ2n) is 5.19. The van der Waals surface area contributed by atoms with Crippen LogP contribution in [0.5, 0.6) is 5.75 Å². The summed E-state index contributed by atoms with van der Waals surface area (Å²) in [5, 5.41) is 7.91. The average Bonchev–Trinajstić information content (AvgIpc) is 3.11. The van der Waals surface area contributed by atoms with E-state index >= 15 is 0 Å². The molecular weight excluding hydrogens is 388 g/mol. The van der Waals surface area contributed by atoms with Crippen LogP contribution in [0.4, 0.5) is 0 Å². The summed E-state index contributed by atoms with van der Waals surface area (Å²) in [6.07, 6.45) is -0.663. The van der Waals surface area contributed by atoms with E-state index in [2.05, 4.69) is 26.1 Å². The van der Waals surface area contributed by atoms with Gasteiger partial charge in [-0.15, -0.1) is 10.2 Å². The van der Waals surface area contributed by atoms with Gasteiger partial charge in [0, 0.05) is 10.0 Å². The third-order valence-electron chi connectivity index (χ3n) is 3.27. The monoisotopic (exact) mass is 402 g/mol. The number of carbonyl (C=O) groups is 1. The lowest BCUT2D eigenvalue weighted by atomic mass is 10.2. The largest absolute Gasteiger partial charge is 0.482 e. The molecule has 25 heavy (non-hydrogen) atoms. The van der Waals surface area contributed by atoms with Gasteiger partial charge >= 0.3 is 5.97 Å². The molecule has 128 valence electrons. The lowest BCUT2D eigenvalue weighted by molar-refractivity contribution is -0.152. The highest BCUT2D eigenvalue weighted by Crippen LogP contribution is 2.22. The molecule has 0 amide bonds. The molecular formula is C18H15BrN2O4. The molecule has 6 nitrogen and oxygen atoms in total. The summed E-state index contributed by atoms with van der Waals surface area (Å²) in [5.74, 6) is 0.661. The number of hydrogen-bond acceptors (Lipinski definition) is 6. The highest BCUT2D eigenvalue weighted by atomic mass is 79.9. The molecule has 1 aromatic heterocycles. The molecule has 1 atom stereocenters. The fourth-order valence-electron chi connectivity index (χ4n) is 2.08. The van der Waals surface area contributed by atoms with Crippen LogP contribution in [0.25, 0.3) is 11.5 Å².